The number of ether oxygens (including phenoxy) is 1. The van der Waals surface area contributed by atoms with Crippen LogP contribution in [0.2, 0.25) is 0 Å². The normalized spacial score (nSPS) is 20.3. The van der Waals surface area contributed by atoms with E-state index in [1.54, 1.807) is 0 Å². The van der Waals surface area contributed by atoms with Crippen molar-refractivity contribution in [3.8, 4) is 0 Å². The van der Waals surface area contributed by atoms with Crippen LogP contribution in [0.4, 0.5) is 0 Å². The van der Waals surface area contributed by atoms with E-state index in [1.165, 1.54) is 76.2 Å². The van der Waals surface area contributed by atoms with Crippen LogP contribution in [0.3, 0.4) is 0 Å². The minimum atomic E-state index is -0.0350. The molecule has 0 unspecified atom stereocenters. The SMILES string of the molecule is CCCCCOC(=O)C(C)=C(C1CCCCC1)C1CCCCC1. The fourth-order valence-electron chi connectivity index (χ4n) is 4.52. The van der Waals surface area contributed by atoms with Gasteiger partial charge in [-0.2, -0.15) is 0 Å². The van der Waals surface area contributed by atoms with Crippen LogP contribution in [0.15, 0.2) is 11.1 Å². The van der Waals surface area contributed by atoms with Crippen molar-refractivity contribution >= 4 is 5.97 Å². The van der Waals surface area contributed by atoms with Crippen molar-refractivity contribution in [2.24, 2.45) is 11.8 Å². The van der Waals surface area contributed by atoms with E-state index >= 15 is 0 Å². The Labute approximate surface area is 143 Å². The van der Waals surface area contributed by atoms with Crippen LogP contribution in [0.25, 0.3) is 0 Å². The van der Waals surface area contributed by atoms with E-state index in [9.17, 15) is 4.79 Å². The molecule has 0 aromatic carbocycles. The number of hydrogen-bond acceptors (Lipinski definition) is 2. The number of carbonyl (C=O) groups is 1. The van der Waals surface area contributed by atoms with Crippen molar-refractivity contribution in [1.82, 2.24) is 0 Å². The molecule has 0 aliphatic heterocycles. The van der Waals surface area contributed by atoms with Gasteiger partial charge in [0.05, 0.1) is 6.61 Å². The number of carbonyl (C=O) groups excluding carboxylic acids is 1. The number of esters is 1. The number of rotatable bonds is 7. The van der Waals surface area contributed by atoms with Gasteiger partial charge in [0, 0.05) is 5.57 Å². The third kappa shape index (κ3) is 5.65. The van der Waals surface area contributed by atoms with Gasteiger partial charge >= 0.3 is 5.97 Å². The van der Waals surface area contributed by atoms with Crippen molar-refractivity contribution in [3.63, 3.8) is 0 Å². The van der Waals surface area contributed by atoms with E-state index in [0.717, 1.165) is 18.4 Å². The monoisotopic (exact) mass is 320 g/mol. The summed E-state index contributed by atoms with van der Waals surface area (Å²) < 4.78 is 5.57. The molecule has 0 amide bonds. The van der Waals surface area contributed by atoms with Gasteiger partial charge in [-0.25, -0.2) is 4.79 Å². The van der Waals surface area contributed by atoms with E-state index in [1.807, 2.05) is 6.92 Å². The van der Waals surface area contributed by atoms with Crippen molar-refractivity contribution in [2.45, 2.75) is 97.3 Å². The molecule has 0 N–H and O–H groups in total. The molecule has 0 heterocycles. The first-order valence-corrected chi connectivity index (χ1v) is 10.1. The third-order valence-electron chi connectivity index (χ3n) is 5.81. The van der Waals surface area contributed by atoms with Gasteiger partial charge in [-0.15, -0.1) is 0 Å². The lowest BCUT2D eigenvalue weighted by Gasteiger charge is -2.33. The number of hydrogen-bond donors (Lipinski definition) is 0. The summed E-state index contributed by atoms with van der Waals surface area (Å²) in [6.07, 6.45) is 16.5. The predicted molar refractivity (Wildman–Crippen MR) is 96.3 cm³/mol. The zero-order valence-corrected chi connectivity index (χ0v) is 15.4. The highest BCUT2D eigenvalue weighted by molar-refractivity contribution is 5.88. The number of allylic oxidation sites excluding steroid dienone is 1. The summed E-state index contributed by atoms with van der Waals surface area (Å²) in [5.41, 5.74) is 2.45. The van der Waals surface area contributed by atoms with Gasteiger partial charge in [0.2, 0.25) is 0 Å². The summed E-state index contributed by atoms with van der Waals surface area (Å²) in [7, 11) is 0. The maximum absolute atomic E-state index is 12.6. The fourth-order valence-corrected chi connectivity index (χ4v) is 4.52. The predicted octanol–water partition coefficient (Wildman–Crippen LogP) is 6.20. The van der Waals surface area contributed by atoms with Crippen molar-refractivity contribution in [3.05, 3.63) is 11.1 Å². The molecule has 2 heteroatoms. The average Bonchev–Trinajstić information content (AvgIpc) is 2.60. The highest BCUT2D eigenvalue weighted by Crippen LogP contribution is 2.41. The summed E-state index contributed by atoms with van der Waals surface area (Å²) in [6, 6.07) is 0. The molecule has 2 aliphatic carbocycles. The van der Waals surface area contributed by atoms with Gasteiger partial charge in [-0.3, -0.25) is 0 Å². The van der Waals surface area contributed by atoms with Gasteiger partial charge in [0.15, 0.2) is 0 Å². The lowest BCUT2D eigenvalue weighted by Crippen LogP contribution is -2.23. The third-order valence-corrected chi connectivity index (χ3v) is 5.81. The average molecular weight is 321 g/mol. The van der Waals surface area contributed by atoms with Gasteiger partial charge in [0.25, 0.3) is 0 Å². The Kier molecular flexibility index (Phi) is 8.19. The van der Waals surface area contributed by atoms with Crippen molar-refractivity contribution in [2.75, 3.05) is 6.61 Å². The Balaban J connectivity index is 2.07. The highest BCUT2D eigenvalue weighted by Gasteiger charge is 2.29. The minimum Gasteiger partial charge on any atom is -0.462 e. The molecular weight excluding hydrogens is 284 g/mol. The van der Waals surface area contributed by atoms with Crippen LogP contribution in [-0.2, 0) is 9.53 Å². The molecule has 2 aliphatic rings. The van der Waals surface area contributed by atoms with Crippen LogP contribution in [-0.4, -0.2) is 12.6 Å². The van der Waals surface area contributed by atoms with Gasteiger partial charge in [0.1, 0.15) is 0 Å². The molecule has 2 rings (SSSR count). The first-order valence-electron chi connectivity index (χ1n) is 10.1. The molecule has 132 valence electrons. The van der Waals surface area contributed by atoms with Crippen LogP contribution in [0.5, 0.6) is 0 Å². The summed E-state index contributed by atoms with van der Waals surface area (Å²) in [5, 5.41) is 0. The summed E-state index contributed by atoms with van der Waals surface area (Å²) >= 11 is 0. The van der Waals surface area contributed by atoms with Gasteiger partial charge < -0.3 is 4.74 Å². The second kappa shape index (κ2) is 10.2. The van der Waals surface area contributed by atoms with Crippen molar-refractivity contribution in [1.29, 1.82) is 0 Å². The Morgan fingerprint density at radius 2 is 1.39 bits per heavy atom. The molecular formula is C21H36O2. The van der Waals surface area contributed by atoms with E-state index < -0.39 is 0 Å². The Bertz CT molecular complexity index is 365. The lowest BCUT2D eigenvalue weighted by atomic mass is 9.72. The topological polar surface area (TPSA) is 26.3 Å². The van der Waals surface area contributed by atoms with Gasteiger partial charge in [-0.05, 0) is 50.9 Å². The Hall–Kier alpha value is -0.790. The van der Waals surface area contributed by atoms with Gasteiger partial charge in [-0.1, -0.05) is 63.9 Å². The van der Waals surface area contributed by atoms with E-state index in [0.29, 0.717) is 18.4 Å². The van der Waals surface area contributed by atoms with E-state index in [-0.39, 0.29) is 5.97 Å². The quantitative estimate of drug-likeness (QED) is 0.317. The molecule has 2 saturated carbocycles. The van der Waals surface area contributed by atoms with E-state index in [4.69, 9.17) is 4.74 Å². The van der Waals surface area contributed by atoms with Crippen molar-refractivity contribution < 1.29 is 9.53 Å². The molecule has 0 spiro atoms. The molecule has 2 nitrogen and oxygen atoms in total. The van der Waals surface area contributed by atoms with Crippen LogP contribution in [0, 0.1) is 11.8 Å². The molecule has 0 aromatic rings. The second-order valence-electron chi connectivity index (χ2n) is 7.59. The summed E-state index contributed by atoms with van der Waals surface area (Å²) in [4.78, 5) is 12.6. The standard InChI is InChI=1S/C21H36O2/c1-3-4-11-16-23-21(22)17(2)20(18-12-7-5-8-13-18)19-14-9-6-10-15-19/h18-19H,3-16H2,1-2H3. The number of unbranched alkanes of at least 4 members (excludes halogenated alkanes) is 2. The largest absolute Gasteiger partial charge is 0.462 e. The Morgan fingerprint density at radius 1 is 0.870 bits per heavy atom. The minimum absolute atomic E-state index is 0.0350. The lowest BCUT2D eigenvalue weighted by molar-refractivity contribution is -0.139. The highest BCUT2D eigenvalue weighted by atomic mass is 16.5. The summed E-state index contributed by atoms with van der Waals surface area (Å²) in [6.45, 7) is 4.81. The molecule has 0 atom stereocenters. The zero-order chi connectivity index (χ0) is 16.5. The van der Waals surface area contributed by atoms with Crippen LogP contribution >= 0.6 is 0 Å². The smallest absolute Gasteiger partial charge is 0.333 e. The molecule has 0 saturated heterocycles. The zero-order valence-electron chi connectivity index (χ0n) is 15.4. The summed E-state index contributed by atoms with van der Waals surface area (Å²) in [5.74, 6) is 1.26. The Morgan fingerprint density at radius 3 is 1.87 bits per heavy atom. The first kappa shape index (κ1) is 18.5. The molecule has 0 bridgehead atoms. The maximum Gasteiger partial charge on any atom is 0.333 e. The van der Waals surface area contributed by atoms with Crippen LogP contribution in [0.1, 0.15) is 97.3 Å². The van der Waals surface area contributed by atoms with E-state index in [2.05, 4.69) is 6.92 Å². The maximum atomic E-state index is 12.6. The second-order valence-corrected chi connectivity index (χ2v) is 7.59. The molecule has 0 radical (unpaired) electrons. The molecule has 23 heavy (non-hydrogen) atoms. The molecule has 0 aromatic heterocycles. The molecule has 2 fully saturated rings. The fraction of sp³-hybridized carbons (Fsp3) is 0.857. The first-order chi connectivity index (χ1) is 11.2. The van der Waals surface area contributed by atoms with Crippen LogP contribution < -0.4 is 0 Å².